The molecule has 1 atom stereocenters. The quantitative estimate of drug-likeness (QED) is 0.411. The zero-order valence-corrected chi connectivity index (χ0v) is 11.4. The van der Waals surface area contributed by atoms with Crippen molar-refractivity contribution in [2.45, 2.75) is 52.1 Å². The molecule has 4 nitrogen and oxygen atoms in total. The van der Waals surface area contributed by atoms with Gasteiger partial charge in [-0.3, -0.25) is 9.59 Å². The summed E-state index contributed by atoms with van der Waals surface area (Å²) < 4.78 is 5.34. The number of aliphatic carboxylic acids is 1. The van der Waals surface area contributed by atoms with Crippen LogP contribution in [-0.2, 0) is 14.3 Å². The number of rotatable bonds is 8. The second kappa shape index (κ2) is 7.69. The fourth-order valence-corrected chi connectivity index (χ4v) is 1.91. The Bertz CT molecular complexity index is 344. The molecule has 0 amide bonds. The van der Waals surface area contributed by atoms with E-state index in [1.54, 1.807) is 13.0 Å². The lowest BCUT2D eigenvalue weighted by atomic mass is 9.89. The minimum absolute atomic E-state index is 0.470. The largest absolute Gasteiger partial charge is 0.481 e. The molecular weight excluding hydrogens is 232 g/mol. The summed E-state index contributed by atoms with van der Waals surface area (Å²) in [6.45, 7) is 9.43. The Morgan fingerprint density at radius 1 is 1.39 bits per heavy atom. The van der Waals surface area contributed by atoms with Gasteiger partial charge in [0.2, 0.25) is 0 Å². The molecule has 0 fully saturated rings. The lowest BCUT2D eigenvalue weighted by Crippen LogP contribution is -2.34. The Morgan fingerprint density at radius 3 is 2.39 bits per heavy atom. The predicted octanol–water partition coefficient (Wildman–Crippen LogP) is 3.09. The molecule has 0 aromatic carbocycles. The van der Waals surface area contributed by atoms with Gasteiger partial charge >= 0.3 is 11.9 Å². The van der Waals surface area contributed by atoms with Crippen LogP contribution in [0.1, 0.15) is 46.5 Å². The first-order valence-corrected chi connectivity index (χ1v) is 6.13. The molecule has 0 saturated heterocycles. The summed E-state index contributed by atoms with van der Waals surface area (Å²) >= 11 is 0. The number of hydrogen-bond donors (Lipinski definition) is 1. The molecule has 0 aromatic rings. The molecule has 0 aliphatic carbocycles. The highest BCUT2D eigenvalue weighted by Crippen LogP contribution is 2.29. The van der Waals surface area contributed by atoms with Crippen LogP contribution < -0.4 is 0 Å². The highest BCUT2D eigenvalue weighted by molar-refractivity contribution is 5.90. The number of carboxylic acids is 1. The van der Waals surface area contributed by atoms with Gasteiger partial charge in [0.05, 0.1) is 0 Å². The molecule has 4 heteroatoms. The fourth-order valence-electron chi connectivity index (χ4n) is 1.91. The van der Waals surface area contributed by atoms with Crippen LogP contribution in [0.15, 0.2) is 24.3 Å². The third-order valence-corrected chi connectivity index (χ3v) is 2.68. The molecule has 0 rings (SSSR count). The van der Waals surface area contributed by atoms with Gasteiger partial charge in [-0.1, -0.05) is 26.0 Å². The highest BCUT2D eigenvalue weighted by atomic mass is 16.6. The van der Waals surface area contributed by atoms with Gasteiger partial charge in [-0.15, -0.1) is 6.58 Å². The second-order valence-electron chi connectivity index (χ2n) is 4.26. The van der Waals surface area contributed by atoms with Gasteiger partial charge in [0, 0.05) is 6.42 Å². The molecule has 0 aromatic heterocycles. The van der Waals surface area contributed by atoms with Crippen molar-refractivity contribution < 1.29 is 19.4 Å². The molecule has 102 valence electrons. The van der Waals surface area contributed by atoms with Crippen LogP contribution in [0.4, 0.5) is 0 Å². The third kappa shape index (κ3) is 5.17. The van der Waals surface area contributed by atoms with Crippen LogP contribution in [-0.4, -0.2) is 22.6 Å². The molecule has 1 N–H and O–H groups in total. The van der Waals surface area contributed by atoms with Crippen molar-refractivity contribution in [1.29, 1.82) is 0 Å². The number of carbonyl (C=O) groups is 2. The second-order valence-corrected chi connectivity index (χ2v) is 4.26. The molecular formula is C14H22O4. The fraction of sp³-hybridized carbons (Fsp3) is 0.571. The van der Waals surface area contributed by atoms with Crippen LogP contribution >= 0.6 is 0 Å². The average molecular weight is 254 g/mol. The lowest BCUT2D eigenvalue weighted by molar-refractivity contribution is -0.159. The number of carboxylic acid groups (broad SMARTS) is 1. The topological polar surface area (TPSA) is 63.6 Å². The Kier molecular flexibility index (Phi) is 7.01. The van der Waals surface area contributed by atoms with Gasteiger partial charge in [-0.05, 0) is 25.3 Å². The van der Waals surface area contributed by atoms with E-state index in [0.717, 1.165) is 18.4 Å². The van der Waals surface area contributed by atoms with Gasteiger partial charge in [-0.25, -0.2) is 0 Å². The Labute approximate surface area is 108 Å². The smallest absolute Gasteiger partial charge is 0.318 e. The summed E-state index contributed by atoms with van der Waals surface area (Å²) in [5.41, 5.74) is 0.197. The Morgan fingerprint density at radius 2 is 2.00 bits per heavy atom. The van der Waals surface area contributed by atoms with Crippen LogP contribution in [0.25, 0.3) is 0 Å². The predicted molar refractivity (Wildman–Crippen MR) is 70.2 cm³/mol. The summed E-state index contributed by atoms with van der Waals surface area (Å²) in [7, 11) is 0. The average Bonchev–Trinajstić information content (AvgIpc) is 2.24. The zero-order chi connectivity index (χ0) is 14.2. The summed E-state index contributed by atoms with van der Waals surface area (Å²) in [6, 6.07) is 0. The van der Waals surface area contributed by atoms with Gasteiger partial charge in [0.15, 0.2) is 0 Å². The van der Waals surface area contributed by atoms with Crippen LogP contribution in [0, 0.1) is 0 Å². The number of esters is 1. The molecule has 0 saturated carbocycles. The van der Waals surface area contributed by atoms with Crippen molar-refractivity contribution in [3.63, 3.8) is 0 Å². The van der Waals surface area contributed by atoms with E-state index in [2.05, 4.69) is 6.58 Å². The van der Waals surface area contributed by atoms with Crippen LogP contribution in [0.5, 0.6) is 0 Å². The summed E-state index contributed by atoms with van der Waals surface area (Å²) in [6.07, 6.45) is 5.13. The minimum atomic E-state index is -1.18. The molecule has 0 radical (unpaired) electrons. The van der Waals surface area contributed by atoms with Gasteiger partial charge in [0.25, 0.3) is 0 Å². The van der Waals surface area contributed by atoms with Crippen molar-refractivity contribution in [1.82, 2.24) is 0 Å². The zero-order valence-electron chi connectivity index (χ0n) is 11.4. The van der Waals surface area contributed by atoms with Gasteiger partial charge in [-0.2, -0.15) is 0 Å². The monoisotopic (exact) mass is 254 g/mol. The summed E-state index contributed by atoms with van der Waals surface area (Å²) in [4.78, 5) is 22.0. The normalized spacial score (nSPS) is 14.7. The molecule has 0 spiro atoms. The molecule has 18 heavy (non-hydrogen) atoms. The van der Waals surface area contributed by atoms with Gasteiger partial charge < -0.3 is 9.84 Å². The standard InChI is InChI=1S/C14H22O4/c1-5-8-11(7-3)14(4,9-6-2)18-13(17)10-12(15)16/h6,8H,2,5,7,9-10H2,1,3-4H3,(H,15,16). The first kappa shape index (κ1) is 16.4. The van der Waals surface area contributed by atoms with Crippen LogP contribution in [0.3, 0.4) is 0 Å². The number of carbonyl (C=O) groups excluding carboxylic acids is 1. The SMILES string of the molecule is C=CCC(C)(OC(=O)CC(=O)O)C(=CCC)CC. The Balaban J connectivity index is 5.01. The highest BCUT2D eigenvalue weighted by Gasteiger charge is 2.31. The van der Waals surface area contributed by atoms with E-state index in [9.17, 15) is 9.59 Å². The van der Waals surface area contributed by atoms with Crippen molar-refractivity contribution in [2.24, 2.45) is 0 Å². The van der Waals surface area contributed by atoms with E-state index < -0.39 is 24.0 Å². The molecule has 0 aliphatic rings. The van der Waals surface area contributed by atoms with E-state index in [0.29, 0.717) is 6.42 Å². The third-order valence-electron chi connectivity index (χ3n) is 2.68. The first-order chi connectivity index (χ1) is 8.39. The van der Waals surface area contributed by atoms with Crippen LogP contribution in [0.2, 0.25) is 0 Å². The maximum absolute atomic E-state index is 11.5. The minimum Gasteiger partial charge on any atom is -0.481 e. The van der Waals surface area contributed by atoms with E-state index in [-0.39, 0.29) is 0 Å². The maximum atomic E-state index is 11.5. The lowest BCUT2D eigenvalue weighted by Gasteiger charge is -2.31. The van der Waals surface area contributed by atoms with Crippen molar-refractivity contribution in [3.05, 3.63) is 24.3 Å². The molecule has 1 unspecified atom stereocenters. The van der Waals surface area contributed by atoms with E-state index in [1.807, 2.05) is 19.9 Å². The van der Waals surface area contributed by atoms with Gasteiger partial charge in [0.1, 0.15) is 12.0 Å². The first-order valence-electron chi connectivity index (χ1n) is 6.13. The number of allylic oxidation sites excluding steroid dienone is 1. The Hall–Kier alpha value is -1.58. The number of ether oxygens (including phenoxy) is 1. The maximum Gasteiger partial charge on any atom is 0.318 e. The molecule has 0 heterocycles. The van der Waals surface area contributed by atoms with Crippen molar-refractivity contribution in [2.75, 3.05) is 0 Å². The van der Waals surface area contributed by atoms with E-state index >= 15 is 0 Å². The van der Waals surface area contributed by atoms with E-state index in [1.165, 1.54) is 0 Å². The molecule has 0 aliphatic heterocycles. The molecule has 0 bridgehead atoms. The van der Waals surface area contributed by atoms with Crippen molar-refractivity contribution in [3.8, 4) is 0 Å². The van der Waals surface area contributed by atoms with Crippen molar-refractivity contribution >= 4 is 11.9 Å². The number of hydrogen-bond acceptors (Lipinski definition) is 3. The summed E-state index contributed by atoms with van der Waals surface area (Å²) in [5, 5.41) is 8.57. The van der Waals surface area contributed by atoms with E-state index in [4.69, 9.17) is 9.84 Å². The summed E-state index contributed by atoms with van der Waals surface area (Å²) in [5.74, 6) is -1.90.